The van der Waals surface area contributed by atoms with Gasteiger partial charge in [-0.05, 0) is 130 Å². The minimum Gasteiger partial charge on any atom is -0.507 e. The first kappa shape index (κ1) is 29.2. The molecular formula is C55H47N3O. The monoisotopic (exact) mass is 773 g/mol. The van der Waals surface area contributed by atoms with E-state index in [0.29, 0.717) is 56.1 Å². The summed E-state index contributed by atoms with van der Waals surface area (Å²) in [5, 5.41) is 11.9. The molecule has 0 aliphatic heterocycles. The zero-order chi connectivity index (χ0) is 47.7. The Labute approximate surface area is 358 Å². The van der Waals surface area contributed by atoms with Gasteiger partial charge in [0.2, 0.25) is 0 Å². The quantitative estimate of drug-likeness (QED) is 0.175. The van der Waals surface area contributed by atoms with Gasteiger partial charge in [-0.15, -0.1) is 0 Å². The highest BCUT2D eigenvalue weighted by atomic mass is 16.3. The van der Waals surface area contributed by atoms with E-state index in [-0.39, 0.29) is 34.4 Å². The number of aromatic hydroxyl groups is 1. The van der Waals surface area contributed by atoms with Gasteiger partial charge in [0.25, 0.3) is 0 Å². The molecule has 4 nitrogen and oxygen atoms in total. The second kappa shape index (κ2) is 15.0. The standard InChI is InChI=1S/C55H47N3O/c1-35-27-37(3)53(59)48(28-35)54-57-52-45(42-30-43(32-44(31-42)55(4,5)6)49-33-41(25-26-56-49)38-17-10-7-11-18-38)23-16-24-50(52)58(54)51-34-46(39-19-12-8-13-20-39)36(2)29-47(51)40-21-14-9-15-22-40/h7-34,59H,1-6H3/i2D3,7D,10D,11D,17D,18D. The van der Waals surface area contributed by atoms with Crippen molar-refractivity contribution in [1.82, 2.24) is 14.5 Å². The number of aromatic nitrogens is 3. The summed E-state index contributed by atoms with van der Waals surface area (Å²) >= 11 is 0. The minimum absolute atomic E-state index is 0.0782. The Morgan fingerprint density at radius 2 is 1.31 bits per heavy atom. The molecule has 0 bridgehead atoms. The number of phenols is 1. The van der Waals surface area contributed by atoms with Crippen molar-refractivity contribution < 1.29 is 16.1 Å². The fourth-order valence-electron chi connectivity index (χ4n) is 7.87. The molecule has 0 radical (unpaired) electrons. The van der Waals surface area contributed by atoms with Crippen LogP contribution in [0.5, 0.6) is 5.75 Å². The van der Waals surface area contributed by atoms with Gasteiger partial charge < -0.3 is 5.11 Å². The number of rotatable bonds is 7. The molecule has 0 unspecified atom stereocenters. The van der Waals surface area contributed by atoms with Crippen LogP contribution in [-0.2, 0) is 5.41 Å². The number of phenolic OH excluding ortho intramolecular Hbond substituents is 1. The maximum atomic E-state index is 11.9. The van der Waals surface area contributed by atoms with E-state index in [1.165, 1.54) is 0 Å². The van der Waals surface area contributed by atoms with Crippen LogP contribution in [0, 0.1) is 20.7 Å². The van der Waals surface area contributed by atoms with E-state index < -0.39 is 25.0 Å². The number of benzene rings is 7. The van der Waals surface area contributed by atoms with E-state index in [1.807, 2.05) is 122 Å². The topological polar surface area (TPSA) is 50.9 Å². The van der Waals surface area contributed by atoms with Gasteiger partial charge in [-0.25, -0.2) is 4.98 Å². The molecule has 4 heteroatoms. The summed E-state index contributed by atoms with van der Waals surface area (Å²) in [7, 11) is 0. The van der Waals surface area contributed by atoms with Crippen molar-refractivity contribution in [2.24, 2.45) is 0 Å². The van der Waals surface area contributed by atoms with E-state index >= 15 is 0 Å². The van der Waals surface area contributed by atoms with E-state index in [4.69, 9.17) is 20.9 Å². The predicted molar refractivity (Wildman–Crippen MR) is 246 cm³/mol. The number of fused-ring (bicyclic) bond motifs is 1. The Bertz CT molecular complexity index is 3380. The molecule has 0 aliphatic rings. The average Bonchev–Trinajstić information content (AvgIpc) is 3.70. The largest absolute Gasteiger partial charge is 0.507 e. The average molecular weight is 774 g/mol. The second-order valence-electron chi connectivity index (χ2n) is 16.0. The molecule has 9 aromatic rings. The van der Waals surface area contributed by atoms with Gasteiger partial charge in [0, 0.05) is 27.0 Å². The number of imidazole rings is 1. The Hall–Kier alpha value is -7.04. The lowest BCUT2D eigenvalue weighted by Gasteiger charge is -2.22. The highest BCUT2D eigenvalue weighted by molar-refractivity contribution is 5.98. The summed E-state index contributed by atoms with van der Waals surface area (Å²) in [6, 6.07) is 40.5. The third-order valence-electron chi connectivity index (χ3n) is 10.9. The van der Waals surface area contributed by atoms with Crippen molar-refractivity contribution in [2.75, 3.05) is 0 Å². The molecule has 2 aromatic heterocycles. The zero-order valence-electron chi connectivity index (χ0n) is 41.6. The van der Waals surface area contributed by atoms with Crippen LogP contribution in [0.4, 0.5) is 0 Å². The van der Waals surface area contributed by atoms with Gasteiger partial charge in [-0.3, -0.25) is 9.55 Å². The maximum Gasteiger partial charge on any atom is 0.149 e. The van der Waals surface area contributed by atoms with Crippen LogP contribution >= 0.6 is 0 Å². The molecule has 0 fully saturated rings. The lowest BCUT2D eigenvalue weighted by Crippen LogP contribution is -2.11. The van der Waals surface area contributed by atoms with Crippen LogP contribution < -0.4 is 0 Å². The number of hydrogen-bond donors (Lipinski definition) is 1. The number of nitrogens with zero attached hydrogens (tertiary/aromatic N) is 3. The van der Waals surface area contributed by atoms with Crippen LogP contribution in [0.15, 0.2) is 170 Å². The minimum atomic E-state index is -2.45. The van der Waals surface area contributed by atoms with Gasteiger partial charge in [0.05, 0.1) is 34.8 Å². The van der Waals surface area contributed by atoms with E-state index in [9.17, 15) is 5.11 Å². The van der Waals surface area contributed by atoms with Crippen molar-refractivity contribution >= 4 is 11.0 Å². The summed E-state index contributed by atoms with van der Waals surface area (Å²) in [5.41, 5.74) is 11.2. The Kier molecular flexibility index (Phi) is 7.45. The number of aryl methyl sites for hydroxylation is 3. The summed E-state index contributed by atoms with van der Waals surface area (Å²) in [6.07, 6.45) is 1.59. The normalized spacial score (nSPS) is 13.8. The lowest BCUT2D eigenvalue weighted by molar-refractivity contribution is 0.472. The SMILES string of the molecule is [2H]c1c([2H])c([2H])c(-c2ccnc(-c3cc(-c4cccc5c4nc(-c4cc(C)cc(C)c4O)n5-c4cc(-c5ccccc5)c(C([2H])([2H])[2H])cc4-c4ccccc4)cc(C(C)(C)C)c3)c2)c([2H])c1[2H]. The van der Waals surface area contributed by atoms with Crippen LogP contribution in [-0.4, -0.2) is 19.6 Å². The van der Waals surface area contributed by atoms with Crippen molar-refractivity contribution in [2.45, 2.75) is 46.9 Å². The summed E-state index contributed by atoms with van der Waals surface area (Å²) in [4.78, 5) is 10.2. The number of para-hydroxylation sites is 1. The number of pyridine rings is 1. The fraction of sp³-hybridized carbons (Fsp3) is 0.127. The second-order valence-corrected chi connectivity index (χ2v) is 16.0. The van der Waals surface area contributed by atoms with Crippen LogP contribution in [0.1, 0.15) is 54.0 Å². The van der Waals surface area contributed by atoms with E-state index in [2.05, 4.69) is 32.9 Å². The Balaban J connectivity index is 1.36. The molecular weight excluding hydrogens is 719 g/mol. The van der Waals surface area contributed by atoms with Gasteiger partial charge in [-0.2, -0.15) is 0 Å². The highest BCUT2D eigenvalue weighted by Gasteiger charge is 2.25. The molecule has 0 saturated heterocycles. The molecule has 7 aromatic carbocycles. The molecule has 288 valence electrons. The van der Waals surface area contributed by atoms with Crippen molar-refractivity contribution in [3.63, 3.8) is 0 Å². The highest BCUT2D eigenvalue weighted by Crippen LogP contribution is 2.44. The van der Waals surface area contributed by atoms with Crippen LogP contribution in [0.2, 0.25) is 0 Å². The fourth-order valence-corrected chi connectivity index (χ4v) is 7.87. The zero-order valence-corrected chi connectivity index (χ0v) is 33.6. The number of hydrogen-bond acceptors (Lipinski definition) is 3. The van der Waals surface area contributed by atoms with Crippen LogP contribution in [0.3, 0.4) is 0 Å². The first-order valence-electron chi connectivity index (χ1n) is 23.6. The molecule has 0 saturated carbocycles. The van der Waals surface area contributed by atoms with Crippen molar-refractivity contribution in [3.05, 3.63) is 192 Å². The molecule has 59 heavy (non-hydrogen) atoms. The molecule has 0 spiro atoms. The first-order chi connectivity index (χ1) is 31.8. The van der Waals surface area contributed by atoms with Gasteiger partial charge in [-0.1, -0.05) is 136 Å². The summed E-state index contributed by atoms with van der Waals surface area (Å²) in [6.45, 7) is 7.76. The van der Waals surface area contributed by atoms with Crippen molar-refractivity contribution in [1.29, 1.82) is 0 Å². The first-order valence-corrected chi connectivity index (χ1v) is 19.6. The van der Waals surface area contributed by atoms with E-state index in [1.54, 1.807) is 24.4 Å². The van der Waals surface area contributed by atoms with Gasteiger partial charge in [0.15, 0.2) is 0 Å². The molecule has 0 atom stereocenters. The third-order valence-corrected chi connectivity index (χ3v) is 10.9. The Morgan fingerprint density at radius 1 is 0.593 bits per heavy atom. The molecule has 0 amide bonds. The molecule has 9 rings (SSSR count). The summed E-state index contributed by atoms with van der Waals surface area (Å²) < 4.78 is 70.4. The van der Waals surface area contributed by atoms with Gasteiger partial charge >= 0.3 is 0 Å². The smallest absolute Gasteiger partial charge is 0.149 e. The summed E-state index contributed by atoms with van der Waals surface area (Å²) in [5.74, 6) is 0.541. The van der Waals surface area contributed by atoms with E-state index in [0.717, 1.165) is 38.9 Å². The third kappa shape index (κ3) is 7.12. The van der Waals surface area contributed by atoms with Crippen LogP contribution in [0.25, 0.3) is 83.9 Å². The molecule has 0 aliphatic carbocycles. The van der Waals surface area contributed by atoms with Crippen molar-refractivity contribution in [3.8, 4) is 78.6 Å². The predicted octanol–water partition coefficient (Wildman–Crippen LogP) is 14.4. The molecule has 1 N–H and O–H groups in total. The van der Waals surface area contributed by atoms with Gasteiger partial charge in [0.1, 0.15) is 11.6 Å². The lowest BCUT2D eigenvalue weighted by atomic mass is 9.83. The molecule has 2 heterocycles. The Morgan fingerprint density at radius 3 is 2.02 bits per heavy atom. The maximum absolute atomic E-state index is 11.9.